The third-order valence-corrected chi connectivity index (χ3v) is 3.71. The van der Waals surface area contributed by atoms with E-state index in [0.29, 0.717) is 17.1 Å². The molecule has 6 heteroatoms. The van der Waals surface area contributed by atoms with E-state index in [4.69, 9.17) is 14.2 Å². The second kappa shape index (κ2) is 8.14. The molecule has 0 saturated heterocycles. The lowest BCUT2D eigenvalue weighted by Gasteiger charge is -2.09. The summed E-state index contributed by atoms with van der Waals surface area (Å²) >= 11 is 1.53. The molecule has 0 atom stereocenters. The predicted molar refractivity (Wildman–Crippen MR) is 88.2 cm³/mol. The zero-order valence-electron chi connectivity index (χ0n) is 12.8. The number of methoxy groups -OCH3 is 2. The van der Waals surface area contributed by atoms with Crippen LogP contribution < -0.4 is 9.47 Å². The van der Waals surface area contributed by atoms with Gasteiger partial charge in [-0.15, -0.1) is 0 Å². The highest BCUT2D eigenvalue weighted by atomic mass is 32.1. The molecule has 0 saturated carbocycles. The largest absolute Gasteiger partial charge is 0.497 e. The fourth-order valence-corrected chi connectivity index (χ4v) is 2.46. The van der Waals surface area contributed by atoms with Crippen LogP contribution in [-0.4, -0.2) is 32.6 Å². The summed E-state index contributed by atoms with van der Waals surface area (Å²) in [5.41, 5.74) is 1.22. The molecule has 0 aliphatic heterocycles. The topological polar surface area (TPSA) is 61.8 Å². The third kappa shape index (κ3) is 4.69. The van der Waals surface area contributed by atoms with Crippen molar-refractivity contribution in [2.75, 3.05) is 20.8 Å². The zero-order valence-corrected chi connectivity index (χ0v) is 13.6. The summed E-state index contributed by atoms with van der Waals surface area (Å²) < 4.78 is 15.2. The molecule has 0 unspecified atom stereocenters. The lowest BCUT2D eigenvalue weighted by atomic mass is 10.1. The second-order valence-corrected chi connectivity index (χ2v) is 5.27. The van der Waals surface area contributed by atoms with Crippen molar-refractivity contribution in [2.24, 2.45) is 0 Å². The molecule has 0 bridgehead atoms. The molecule has 0 aliphatic carbocycles. The van der Waals surface area contributed by atoms with Crippen LogP contribution in [0.1, 0.15) is 15.9 Å². The van der Waals surface area contributed by atoms with Crippen molar-refractivity contribution >= 4 is 29.2 Å². The fraction of sp³-hybridized carbons (Fsp3) is 0.176. The number of benzene rings is 1. The predicted octanol–water partition coefficient (Wildman–Crippen LogP) is 3.20. The Morgan fingerprint density at radius 1 is 1.17 bits per heavy atom. The second-order valence-electron chi connectivity index (χ2n) is 4.49. The van der Waals surface area contributed by atoms with Gasteiger partial charge in [0.2, 0.25) is 5.78 Å². The Balaban J connectivity index is 1.98. The molecule has 0 fully saturated rings. The fourth-order valence-electron chi connectivity index (χ4n) is 1.83. The highest BCUT2D eigenvalue weighted by molar-refractivity contribution is 7.08. The molecule has 1 heterocycles. The Labute approximate surface area is 138 Å². The first-order valence-corrected chi connectivity index (χ1v) is 7.70. The monoisotopic (exact) mass is 332 g/mol. The maximum atomic E-state index is 12.2. The number of ether oxygens (including phenoxy) is 3. The number of rotatable bonds is 7. The van der Waals surface area contributed by atoms with Crippen LogP contribution >= 0.6 is 11.3 Å². The van der Waals surface area contributed by atoms with Crippen LogP contribution in [0.3, 0.4) is 0 Å². The van der Waals surface area contributed by atoms with E-state index in [1.807, 2.05) is 16.8 Å². The molecule has 23 heavy (non-hydrogen) atoms. The van der Waals surface area contributed by atoms with Gasteiger partial charge < -0.3 is 14.2 Å². The van der Waals surface area contributed by atoms with Gasteiger partial charge in [-0.1, -0.05) is 0 Å². The molecule has 0 N–H and O–H groups in total. The number of thiophene rings is 1. The molecule has 0 radical (unpaired) electrons. The summed E-state index contributed by atoms with van der Waals surface area (Å²) in [6, 6.07) is 6.74. The maximum Gasteiger partial charge on any atom is 0.331 e. The highest BCUT2D eigenvalue weighted by Crippen LogP contribution is 2.24. The van der Waals surface area contributed by atoms with Gasteiger partial charge in [0, 0.05) is 6.08 Å². The minimum absolute atomic E-state index is 0.307. The van der Waals surface area contributed by atoms with E-state index >= 15 is 0 Å². The minimum Gasteiger partial charge on any atom is -0.497 e. The maximum absolute atomic E-state index is 12.2. The van der Waals surface area contributed by atoms with Crippen molar-refractivity contribution in [3.63, 3.8) is 0 Å². The summed E-state index contributed by atoms with van der Waals surface area (Å²) in [7, 11) is 2.97. The zero-order chi connectivity index (χ0) is 16.7. The number of hydrogen-bond donors (Lipinski definition) is 0. The van der Waals surface area contributed by atoms with Gasteiger partial charge >= 0.3 is 5.97 Å². The van der Waals surface area contributed by atoms with Gasteiger partial charge in [-0.3, -0.25) is 4.79 Å². The molecule has 0 amide bonds. The van der Waals surface area contributed by atoms with Gasteiger partial charge in [-0.2, -0.15) is 11.3 Å². The lowest BCUT2D eigenvalue weighted by Crippen LogP contribution is -2.13. The molecule has 120 valence electrons. The average Bonchev–Trinajstić information content (AvgIpc) is 3.10. The van der Waals surface area contributed by atoms with Crippen LogP contribution in [0.25, 0.3) is 6.08 Å². The summed E-state index contributed by atoms with van der Waals surface area (Å²) in [5.74, 6) is -0.0112. The molecule has 1 aromatic heterocycles. The molecule has 1 aromatic carbocycles. The average molecular weight is 332 g/mol. The standard InChI is InChI=1S/C17H16O5S/c1-20-13-4-5-16(21-2)14(9-13)15(18)10-22-17(19)6-3-12-7-8-23-11-12/h3-9,11H,10H2,1-2H3/b6-3+. The first-order valence-electron chi connectivity index (χ1n) is 6.76. The van der Waals surface area contributed by atoms with Crippen molar-refractivity contribution in [3.8, 4) is 11.5 Å². The summed E-state index contributed by atoms with van der Waals surface area (Å²) in [5, 5.41) is 3.81. The van der Waals surface area contributed by atoms with Crippen LogP contribution in [0, 0.1) is 0 Å². The van der Waals surface area contributed by atoms with Gasteiger partial charge in [0.1, 0.15) is 11.5 Å². The molecule has 2 rings (SSSR count). The summed E-state index contributed by atoms with van der Waals surface area (Å²) in [6.45, 7) is -0.365. The SMILES string of the molecule is COc1ccc(OC)c(C(=O)COC(=O)/C=C/c2ccsc2)c1. The molecule has 0 spiro atoms. The van der Waals surface area contributed by atoms with Crippen LogP contribution in [0.5, 0.6) is 11.5 Å². The van der Waals surface area contributed by atoms with Crippen molar-refractivity contribution in [2.45, 2.75) is 0 Å². The number of carbonyl (C=O) groups is 2. The lowest BCUT2D eigenvalue weighted by molar-refractivity contribution is -0.136. The number of hydrogen-bond acceptors (Lipinski definition) is 6. The van der Waals surface area contributed by atoms with Crippen LogP contribution in [-0.2, 0) is 9.53 Å². The first-order chi connectivity index (χ1) is 11.1. The van der Waals surface area contributed by atoms with Crippen molar-refractivity contribution in [1.29, 1.82) is 0 Å². The Bertz CT molecular complexity index is 704. The number of Topliss-reactive ketones (excluding diaryl/α,β-unsaturated/α-hetero) is 1. The van der Waals surface area contributed by atoms with Gasteiger partial charge in [0.15, 0.2) is 6.61 Å². The van der Waals surface area contributed by atoms with Crippen LogP contribution in [0.15, 0.2) is 41.1 Å². The van der Waals surface area contributed by atoms with E-state index in [9.17, 15) is 9.59 Å². The van der Waals surface area contributed by atoms with Gasteiger partial charge in [-0.25, -0.2) is 4.79 Å². The van der Waals surface area contributed by atoms with E-state index in [0.717, 1.165) is 5.56 Å². The number of carbonyl (C=O) groups excluding carboxylic acids is 2. The summed E-state index contributed by atoms with van der Waals surface area (Å²) in [6.07, 6.45) is 2.92. The molecule has 0 aliphatic rings. The van der Waals surface area contributed by atoms with E-state index in [-0.39, 0.29) is 12.4 Å². The van der Waals surface area contributed by atoms with E-state index in [1.165, 1.54) is 31.6 Å². The normalized spacial score (nSPS) is 10.5. The molecule has 5 nitrogen and oxygen atoms in total. The van der Waals surface area contributed by atoms with Gasteiger partial charge in [0.25, 0.3) is 0 Å². The molecular formula is C17H16O5S. The van der Waals surface area contributed by atoms with Crippen molar-refractivity contribution < 1.29 is 23.8 Å². The third-order valence-electron chi connectivity index (χ3n) is 3.01. The smallest absolute Gasteiger partial charge is 0.331 e. The number of esters is 1. The van der Waals surface area contributed by atoms with Crippen molar-refractivity contribution in [1.82, 2.24) is 0 Å². The quantitative estimate of drug-likeness (QED) is 0.443. The minimum atomic E-state index is -0.577. The van der Waals surface area contributed by atoms with Crippen LogP contribution in [0.2, 0.25) is 0 Å². The van der Waals surface area contributed by atoms with Crippen molar-refractivity contribution in [3.05, 3.63) is 52.2 Å². The Morgan fingerprint density at radius 2 is 2.00 bits per heavy atom. The Hall–Kier alpha value is -2.60. The van der Waals surface area contributed by atoms with E-state index in [2.05, 4.69) is 0 Å². The first kappa shape index (κ1) is 16.8. The number of ketones is 1. The Kier molecular flexibility index (Phi) is 5.94. The summed E-state index contributed by atoms with van der Waals surface area (Å²) in [4.78, 5) is 23.8. The van der Waals surface area contributed by atoms with E-state index < -0.39 is 5.97 Å². The highest BCUT2D eigenvalue weighted by Gasteiger charge is 2.15. The van der Waals surface area contributed by atoms with E-state index in [1.54, 1.807) is 24.3 Å². The van der Waals surface area contributed by atoms with Crippen LogP contribution in [0.4, 0.5) is 0 Å². The molecule has 2 aromatic rings. The van der Waals surface area contributed by atoms with Gasteiger partial charge in [-0.05, 0) is 46.7 Å². The molecular weight excluding hydrogens is 316 g/mol. The van der Waals surface area contributed by atoms with Gasteiger partial charge in [0.05, 0.1) is 19.8 Å². The Morgan fingerprint density at radius 3 is 2.65 bits per heavy atom.